The van der Waals surface area contributed by atoms with Gasteiger partial charge in [0.15, 0.2) is 11.5 Å². The SMILES string of the molecule is COc1cccc(S(=O)(=O)N2CCCC(NC(=O)C(CC(C)C)NC(=O)c3cc4cc(OC)ccc4o3)C(=O)C2)c1. The molecule has 0 spiro atoms. The zero-order chi connectivity index (χ0) is 29.7. The molecule has 3 aromatic rings. The number of amides is 2. The molecule has 4 rings (SSSR count). The van der Waals surface area contributed by atoms with E-state index >= 15 is 0 Å². The largest absolute Gasteiger partial charge is 0.497 e. The van der Waals surface area contributed by atoms with Crippen LogP contribution >= 0.6 is 0 Å². The number of benzene rings is 2. The second-order valence-electron chi connectivity index (χ2n) is 10.4. The number of rotatable bonds is 10. The summed E-state index contributed by atoms with van der Waals surface area (Å²) < 4.78 is 43.6. The Morgan fingerprint density at radius 1 is 1.07 bits per heavy atom. The van der Waals surface area contributed by atoms with Gasteiger partial charge < -0.3 is 24.5 Å². The predicted octanol–water partition coefficient (Wildman–Crippen LogP) is 3.13. The van der Waals surface area contributed by atoms with Gasteiger partial charge >= 0.3 is 0 Å². The van der Waals surface area contributed by atoms with E-state index in [9.17, 15) is 22.8 Å². The van der Waals surface area contributed by atoms with E-state index in [0.29, 0.717) is 35.3 Å². The molecule has 11 nitrogen and oxygen atoms in total. The van der Waals surface area contributed by atoms with Crippen molar-refractivity contribution in [2.45, 2.75) is 50.1 Å². The third kappa shape index (κ3) is 7.06. The van der Waals surface area contributed by atoms with E-state index in [1.807, 2.05) is 13.8 Å². The third-order valence-corrected chi connectivity index (χ3v) is 8.73. The number of ether oxygens (including phenoxy) is 2. The summed E-state index contributed by atoms with van der Waals surface area (Å²) in [6, 6.07) is 11.0. The van der Waals surface area contributed by atoms with Crippen molar-refractivity contribution < 1.29 is 36.7 Å². The van der Waals surface area contributed by atoms with Crippen molar-refractivity contribution in [2.75, 3.05) is 27.3 Å². The first-order valence-electron chi connectivity index (χ1n) is 13.4. The number of hydrogen-bond acceptors (Lipinski definition) is 8. The predicted molar refractivity (Wildman–Crippen MR) is 151 cm³/mol. The number of Topliss-reactive ketones (excluding diaryl/α,β-unsaturated/α-hetero) is 1. The Morgan fingerprint density at radius 3 is 2.51 bits per heavy atom. The van der Waals surface area contributed by atoms with Crippen LogP contribution in [0.15, 0.2) is 57.8 Å². The maximum absolute atomic E-state index is 13.3. The molecule has 0 bridgehead atoms. The summed E-state index contributed by atoms with van der Waals surface area (Å²) in [4.78, 5) is 39.5. The fraction of sp³-hybridized carbons (Fsp3) is 0.414. The lowest BCUT2D eigenvalue weighted by atomic mass is 10.0. The average molecular weight is 586 g/mol. The van der Waals surface area contributed by atoms with Gasteiger partial charge in [-0.2, -0.15) is 4.31 Å². The molecule has 2 unspecified atom stereocenters. The highest BCUT2D eigenvalue weighted by Crippen LogP contribution is 2.25. The minimum atomic E-state index is -3.95. The summed E-state index contributed by atoms with van der Waals surface area (Å²) in [5, 5.41) is 6.16. The van der Waals surface area contributed by atoms with Crippen LogP contribution in [0.1, 0.15) is 43.7 Å². The highest BCUT2D eigenvalue weighted by atomic mass is 32.2. The molecule has 0 radical (unpaired) electrons. The molecule has 0 saturated carbocycles. The van der Waals surface area contributed by atoms with E-state index in [0.717, 1.165) is 4.31 Å². The number of nitrogens with one attached hydrogen (secondary N) is 2. The summed E-state index contributed by atoms with van der Waals surface area (Å²) in [5.74, 6) is -0.416. The molecule has 1 aromatic heterocycles. The van der Waals surface area contributed by atoms with Crippen LogP contribution in [0.3, 0.4) is 0 Å². The molecule has 220 valence electrons. The number of furan rings is 1. The van der Waals surface area contributed by atoms with Gasteiger partial charge in [-0.15, -0.1) is 0 Å². The van der Waals surface area contributed by atoms with E-state index in [1.165, 1.54) is 19.2 Å². The summed E-state index contributed by atoms with van der Waals surface area (Å²) in [5.41, 5.74) is 0.498. The van der Waals surface area contributed by atoms with Crippen molar-refractivity contribution in [1.29, 1.82) is 0 Å². The van der Waals surface area contributed by atoms with Crippen LogP contribution in [0.5, 0.6) is 11.5 Å². The van der Waals surface area contributed by atoms with Crippen LogP contribution in [-0.2, 0) is 19.6 Å². The first-order chi connectivity index (χ1) is 19.5. The van der Waals surface area contributed by atoms with Gasteiger partial charge in [0.1, 0.15) is 23.1 Å². The maximum atomic E-state index is 13.3. The van der Waals surface area contributed by atoms with Crippen LogP contribution < -0.4 is 20.1 Å². The maximum Gasteiger partial charge on any atom is 0.287 e. The first-order valence-corrected chi connectivity index (χ1v) is 14.8. The van der Waals surface area contributed by atoms with Gasteiger partial charge in [0.25, 0.3) is 5.91 Å². The summed E-state index contributed by atoms with van der Waals surface area (Å²) in [7, 11) is -0.969. The van der Waals surface area contributed by atoms with E-state index in [1.54, 1.807) is 43.5 Å². The van der Waals surface area contributed by atoms with Crippen LogP contribution in [0.25, 0.3) is 11.0 Å². The van der Waals surface area contributed by atoms with Gasteiger partial charge in [0.2, 0.25) is 15.9 Å². The number of sulfonamides is 1. The Hall–Kier alpha value is -3.90. The minimum absolute atomic E-state index is 0.0240. The number of carbonyl (C=O) groups is 3. The smallest absolute Gasteiger partial charge is 0.287 e. The Kier molecular flexibility index (Phi) is 9.34. The second-order valence-corrected chi connectivity index (χ2v) is 12.3. The van der Waals surface area contributed by atoms with E-state index in [2.05, 4.69) is 10.6 Å². The molecule has 1 saturated heterocycles. The second kappa shape index (κ2) is 12.7. The Balaban J connectivity index is 1.45. The Morgan fingerprint density at radius 2 is 1.80 bits per heavy atom. The van der Waals surface area contributed by atoms with Gasteiger partial charge in [-0.25, -0.2) is 8.42 Å². The molecule has 41 heavy (non-hydrogen) atoms. The van der Waals surface area contributed by atoms with Crippen molar-refractivity contribution in [3.8, 4) is 11.5 Å². The number of fused-ring (bicyclic) bond motifs is 1. The lowest BCUT2D eigenvalue weighted by Crippen LogP contribution is -2.52. The molecule has 2 N–H and O–H groups in total. The normalized spacial score (nSPS) is 17.2. The van der Waals surface area contributed by atoms with Crippen molar-refractivity contribution in [1.82, 2.24) is 14.9 Å². The van der Waals surface area contributed by atoms with Crippen LogP contribution in [-0.4, -0.2) is 69.7 Å². The summed E-state index contributed by atoms with van der Waals surface area (Å²) >= 11 is 0. The lowest BCUT2D eigenvalue weighted by Gasteiger charge is -2.23. The van der Waals surface area contributed by atoms with Gasteiger partial charge in [-0.05, 0) is 61.6 Å². The molecule has 2 heterocycles. The monoisotopic (exact) mass is 585 g/mol. The zero-order valence-corrected chi connectivity index (χ0v) is 24.3. The van der Waals surface area contributed by atoms with Gasteiger partial charge in [-0.1, -0.05) is 19.9 Å². The van der Waals surface area contributed by atoms with Gasteiger partial charge in [0.05, 0.1) is 31.7 Å². The van der Waals surface area contributed by atoms with Gasteiger partial charge in [0, 0.05) is 18.0 Å². The highest BCUT2D eigenvalue weighted by Gasteiger charge is 2.34. The topological polar surface area (TPSA) is 144 Å². The minimum Gasteiger partial charge on any atom is -0.497 e. The molecular weight excluding hydrogens is 550 g/mol. The quantitative estimate of drug-likeness (QED) is 0.369. The third-order valence-electron chi connectivity index (χ3n) is 6.89. The van der Waals surface area contributed by atoms with Crippen molar-refractivity contribution in [2.24, 2.45) is 5.92 Å². The number of methoxy groups -OCH3 is 2. The number of ketones is 1. The Labute approximate surface area is 239 Å². The summed E-state index contributed by atoms with van der Waals surface area (Å²) in [6.07, 6.45) is 0.953. The molecule has 2 amide bonds. The van der Waals surface area contributed by atoms with E-state index < -0.39 is 39.7 Å². The first kappa shape index (κ1) is 30.1. The van der Waals surface area contributed by atoms with Crippen molar-refractivity contribution >= 4 is 38.6 Å². The van der Waals surface area contributed by atoms with Gasteiger partial charge in [-0.3, -0.25) is 14.4 Å². The van der Waals surface area contributed by atoms with Crippen molar-refractivity contribution in [3.05, 3.63) is 54.3 Å². The Bertz CT molecular complexity index is 1530. The molecule has 2 atom stereocenters. The van der Waals surface area contributed by atoms with Crippen LogP contribution in [0.2, 0.25) is 0 Å². The number of hydrogen-bond donors (Lipinski definition) is 2. The highest BCUT2D eigenvalue weighted by molar-refractivity contribution is 7.89. The molecule has 2 aromatic carbocycles. The fourth-order valence-electron chi connectivity index (χ4n) is 4.73. The molecular formula is C29H35N3O8S. The van der Waals surface area contributed by atoms with E-state index in [-0.39, 0.29) is 36.1 Å². The standard InChI is InChI=1S/C29H35N3O8S/c1-18(2)13-24(31-29(35)27-15-19-14-21(39-4)10-11-26(19)40-27)28(34)30-23-9-6-12-32(17-25(23)33)41(36,37)22-8-5-7-20(16-22)38-3/h5,7-8,10-11,14-16,18,23-24H,6,9,12-13,17H2,1-4H3,(H,30,34)(H,31,35). The molecule has 0 aliphatic carbocycles. The molecule has 1 aliphatic heterocycles. The number of nitrogens with zero attached hydrogens (tertiary/aromatic N) is 1. The van der Waals surface area contributed by atoms with Crippen LogP contribution in [0, 0.1) is 5.92 Å². The molecule has 1 fully saturated rings. The van der Waals surface area contributed by atoms with Crippen molar-refractivity contribution in [3.63, 3.8) is 0 Å². The lowest BCUT2D eigenvalue weighted by molar-refractivity contribution is -0.129. The average Bonchev–Trinajstić information content (AvgIpc) is 3.29. The zero-order valence-electron chi connectivity index (χ0n) is 23.5. The molecule has 1 aliphatic rings. The number of carbonyl (C=O) groups excluding carboxylic acids is 3. The molecule has 12 heteroatoms. The van der Waals surface area contributed by atoms with E-state index in [4.69, 9.17) is 13.9 Å². The fourth-order valence-corrected chi connectivity index (χ4v) is 6.21. The summed E-state index contributed by atoms with van der Waals surface area (Å²) in [6.45, 7) is 3.57. The van der Waals surface area contributed by atoms with Crippen LogP contribution in [0.4, 0.5) is 0 Å².